The van der Waals surface area contributed by atoms with Crippen LogP contribution in [0.5, 0.6) is 0 Å². The molecule has 1 aromatic carbocycles. The molecule has 7 heteroatoms. The summed E-state index contributed by atoms with van der Waals surface area (Å²) in [4.78, 5) is 21.9. The Labute approximate surface area is 134 Å². The second-order valence-electron chi connectivity index (χ2n) is 5.06. The highest BCUT2D eigenvalue weighted by Crippen LogP contribution is 2.07. The maximum Gasteiger partial charge on any atom is 0.314 e. The van der Waals surface area contributed by atoms with Gasteiger partial charge in [0.25, 0.3) is 0 Å². The van der Waals surface area contributed by atoms with Crippen molar-refractivity contribution < 1.29 is 14.7 Å². The molecule has 0 radical (unpaired) electrons. The third-order valence-corrected chi connectivity index (χ3v) is 3.21. The van der Waals surface area contributed by atoms with Gasteiger partial charge in [0, 0.05) is 25.7 Å². The van der Waals surface area contributed by atoms with Crippen LogP contribution in [-0.2, 0) is 11.2 Å². The number of rotatable bonds is 8. The molecule has 0 spiro atoms. The topological polar surface area (TPSA) is 96.2 Å². The van der Waals surface area contributed by atoms with Crippen molar-refractivity contribution in [3.05, 3.63) is 48.3 Å². The molecule has 0 unspecified atom stereocenters. The molecule has 122 valence electrons. The summed E-state index contributed by atoms with van der Waals surface area (Å²) < 4.78 is 1.79. The number of nitrogens with one attached hydrogen (secondary N) is 2. The summed E-state index contributed by atoms with van der Waals surface area (Å²) in [5.74, 6) is -0.859. The molecular formula is C16H20N4O3. The number of carboxylic acids is 1. The second kappa shape index (κ2) is 8.57. The molecule has 23 heavy (non-hydrogen) atoms. The number of hydrogen-bond acceptors (Lipinski definition) is 3. The number of para-hydroxylation sites is 1. The standard InChI is InChI=1S/C16H20N4O3/c21-15(22)7-4-9-17-16(23)18-10-8-13-11-19-20(12-13)14-5-2-1-3-6-14/h1-3,5-6,11-12H,4,7-10H2,(H,21,22)(H2,17,18,23). The SMILES string of the molecule is O=C(O)CCCNC(=O)NCCc1cnn(-c2ccccc2)c1. The average molecular weight is 316 g/mol. The van der Waals surface area contributed by atoms with Gasteiger partial charge < -0.3 is 15.7 Å². The van der Waals surface area contributed by atoms with Gasteiger partial charge in [0.2, 0.25) is 0 Å². The Kier molecular flexibility index (Phi) is 6.17. The summed E-state index contributed by atoms with van der Waals surface area (Å²) in [5, 5.41) is 18.1. The molecular weight excluding hydrogens is 296 g/mol. The lowest BCUT2D eigenvalue weighted by molar-refractivity contribution is -0.137. The number of carboxylic acid groups (broad SMARTS) is 1. The fourth-order valence-corrected chi connectivity index (χ4v) is 2.04. The highest BCUT2D eigenvalue weighted by Gasteiger charge is 2.03. The van der Waals surface area contributed by atoms with Crippen molar-refractivity contribution in [2.75, 3.05) is 13.1 Å². The van der Waals surface area contributed by atoms with Gasteiger partial charge in [-0.05, 0) is 30.5 Å². The van der Waals surface area contributed by atoms with Gasteiger partial charge in [-0.15, -0.1) is 0 Å². The van der Waals surface area contributed by atoms with Crippen LogP contribution in [0.25, 0.3) is 5.69 Å². The van der Waals surface area contributed by atoms with E-state index in [4.69, 9.17) is 5.11 Å². The molecule has 0 aliphatic carbocycles. The van der Waals surface area contributed by atoms with E-state index in [1.54, 1.807) is 10.9 Å². The van der Waals surface area contributed by atoms with Crippen LogP contribution in [-0.4, -0.2) is 40.0 Å². The molecule has 0 atom stereocenters. The first kappa shape index (κ1) is 16.5. The number of carbonyl (C=O) groups excluding carboxylic acids is 1. The van der Waals surface area contributed by atoms with Crippen LogP contribution in [0.4, 0.5) is 4.79 Å². The molecule has 7 nitrogen and oxygen atoms in total. The van der Waals surface area contributed by atoms with E-state index < -0.39 is 5.97 Å². The quantitative estimate of drug-likeness (QED) is 0.644. The van der Waals surface area contributed by atoms with E-state index in [1.807, 2.05) is 36.5 Å². The zero-order valence-electron chi connectivity index (χ0n) is 12.7. The number of nitrogens with zero attached hydrogens (tertiary/aromatic N) is 2. The third-order valence-electron chi connectivity index (χ3n) is 3.21. The maximum atomic E-state index is 11.5. The van der Waals surface area contributed by atoms with Crippen LogP contribution in [0.2, 0.25) is 0 Å². The normalized spacial score (nSPS) is 10.3. The molecule has 1 heterocycles. The van der Waals surface area contributed by atoms with E-state index in [0.29, 0.717) is 25.9 Å². The van der Waals surface area contributed by atoms with Gasteiger partial charge in [-0.25, -0.2) is 9.48 Å². The zero-order valence-corrected chi connectivity index (χ0v) is 12.7. The predicted octanol–water partition coefficient (Wildman–Crippen LogP) is 1.58. The molecule has 0 aliphatic heterocycles. The number of urea groups is 1. The van der Waals surface area contributed by atoms with Crippen molar-refractivity contribution in [2.45, 2.75) is 19.3 Å². The lowest BCUT2D eigenvalue weighted by Crippen LogP contribution is -2.37. The first-order valence-corrected chi connectivity index (χ1v) is 7.47. The van der Waals surface area contributed by atoms with Gasteiger partial charge in [0.15, 0.2) is 0 Å². The van der Waals surface area contributed by atoms with Crippen LogP contribution in [0, 0.1) is 0 Å². The van der Waals surface area contributed by atoms with E-state index in [1.165, 1.54) is 0 Å². The number of aromatic nitrogens is 2. The van der Waals surface area contributed by atoms with Gasteiger partial charge in [0.1, 0.15) is 0 Å². The summed E-state index contributed by atoms with van der Waals surface area (Å²) in [6, 6.07) is 9.51. The van der Waals surface area contributed by atoms with Crippen molar-refractivity contribution in [3.63, 3.8) is 0 Å². The van der Waals surface area contributed by atoms with Crippen molar-refractivity contribution in [2.24, 2.45) is 0 Å². The van der Waals surface area contributed by atoms with E-state index in [2.05, 4.69) is 15.7 Å². The lowest BCUT2D eigenvalue weighted by Gasteiger charge is -2.06. The molecule has 0 saturated carbocycles. The molecule has 3 N–H and O–H groups in total. The van der Waals surface area contributed by atoms with Crippen LogP contribution < -0.4 is 10.6 Å². The van der Waals surface area contributed by atoms with Crippen molar-refractivity contribution in [1.82, 2.24) is 20.4 Å². The van der Waals surface area contributed by atoms with Gasteiger partial charge in [-0.3, -0.25) is 4.79 Å². The Morgan fingerprint density at radius 3 is 2.61 bits per heavy atom. The summed E-state index contributed by atoms with van der Waals surface area (Å²) in [5.41, 5.74) is 2.02. The smallest absolute Gasteiger partial charge is 0.314 e. The number of aliphatic carboxylic acids is 1. The van der Waals surface area contributed by atoms with Gasteiger partial charge in [-0.2, -0.15) is 5.10 Å². The molecule has 0 bridgehead atoms. The summed E-state index contributed by atoms with van der Waals surface area (Å²) >= 11 is 0. The van der Waals surface area contributed by atoms with E-state index >= 15 is 0 Å². The van der Waals surface area contributed by atoms with E-state index in [0.717, 1.165) is 11.3 Å². The largest absolute Gasteiger partial charge is 0.481 e. The van der Waals surface area contributed by atoms with Crippen molar-refractivity contribution >= 4 is 12.0 Å². The first-order valence-electron chi connectivity index (χ1n) is 7.47. The molecule has 2 amide bonds. The van der Waals surface area contributed by atoms with Crippen LogP contribution in [0.3, 0.4) is 0 Å². The van der Waals surface area contributed by atoms with E-state index in [-0.39, 0.29) is 12.5 Å². The number of carbonyl (C=O) groups is 2. The highest BCUT2D eigenvalue weighted by molar-refractivity contribution is 5.73. The molecule has 2 rings (SSSR count). The van der Waals surface area contributed by atoms with Gasteiger partial charge in [-0.1, -0.05) is 18.2 Å². The van der Waals surface area contributed by atoms with E-state index in [9.17, 15) is 9.59 Å². The van der Waals surface area contributed by atoms with Crippen LogP contribution in [0.1, 0.15) is 18.4 Å². The Morgan fingerprint density at radius 2 is 1.87 bits per heavy atom. The summed E-state index contributed by atoms with van der Waals surface area (Å²) in [6.45, 7) is 0.843. The second-order valence-corrected chi connectivity index (χ2v) is 5.06. The monoisotopic (exact) mass is 316 g/mol. The Morgan fingerprint density at radius 1 is 1.13 bits per heavy atom. The molecule has 2 aromatic rings. The summed E-state index contributed by atoms with van der Waals surface area (Å²) in [7, 11) is 0. The average Bonchev–Trinajstić information content (AvgIpc) is 3.01. The number of hydrogen-bond donors (Lipinski definition) is 3. The molecule has 1 aromatic heterocycles. The molecule has 0 fully saturated rings. The number of amides is 2. The predicted molar refractivity (Wildman–Crippen MR) is 85.5 cm³/mol. The minimum atomic E-state index is -0.859. The zero-order chi connectivity index (χ0) is 16.5. The number of benzene rings is 1. The van der Waals surface area contributed by atoms with Crippen molar-refractivity contribution in [1.29, 1.82) is 0 Å². The van der Waals surface area contributed by atoms with Crippen LogP contribution in [0.15, 0.2) is 42.7 Å². The summed E-state index contributed by atoms with van der Waals surface area (Å²) in [6.07, 6.45) is 4.86. The lowest BCUT2D eigenvalue weighted by atomic mass is 10.2. The van der Waals surface area contributed by atoms with Gasteiger partial charge in [0.05, 0.1) is 11.9 Å². The third kappa shape index (κ3) is 5.82. The maximum absolute atomic E-state index is 11.5. The fourth-order valence-electron chi connectivity index (χ4n) is 2.04. The minimum Gasteiger partial charge on any atom is -0.481 e. The van der Waals surface area contributed by atoms with Gasteiger partial charge >= 0.3 is 12.0 Å². The Bertz CT molecular complexity index is 640. The van der Waals surface area contributed by atoms with Crippen LogP contribution >= 0.6 is 0 Å². The highest BCUT2D eigenvalue weighted by atomic mass is 16.4. The Balaban J connectivity index is 1.67. The first-order chi connectivity index (χ1) is 11.1. The van der Waals surface area contributed by atoms with Crippen molar-refractivity contribution in [3.8, 4) is 5.69 Å². The fraction of sp³-hybridized carbons (Fsp3) is 0.312. The Hall–Kier alpha value is -2.83. The minimum absolute atomic E-state index is 0.0545. The molecule has 0 saturated heterocycles. The molecule has 0 aliphatic rings.